The minimum atomic E-state index is 0.0973. The van der Waals surface area contributed by atoms with Crippen LogP contribution in [0.2, 0.25) is 0 Å². The Morgan fingerprint density at radius 1 is 1.38 bits per heavy atom. The van der Waals surface area contributed by atoms with Gasteiger partial charge in [-0.05, 0) is 43.3 Å². The zero-order valence-electron chi connectivity index (χ0n) is 7.90. The summed E-state index contributed by atoms with van der Waals surface area (Å²) in [6.45, 7) is 6.46. The molecule has 1 rings (SSSR count). The summed E-state index contributed by atoms with van der Waals surface area (Å²) in [7, 11) is 0. The summed E-state index contributed by atoms with van der Waals surface area (Å²) in [6.07, 6.45) is 0. The molecule has 0 bridgehead atoms. The molecule has 0 aliphatic rings. The van der Waals surface area contributed by atoms with E-state index in [1.54, 1.807) is 11.3 Å². The first-order valence-corrected chi connectivity index (χ1v) is 6.43. The van der Waals surface area contributed by atoms with E-state index in [2.05, 4.69) is 58.7 Å². The van der Waals surface area contributed by atoms with Crippen LogP contribution in [-0.4, -0.2) is 0 Å². The van der Waals surface area contributed by atoms with Gasteiger partial charge in [-0.3, -0.25) is 0 Å². The van der Waals surface area contributed by atoms with Crippen molar-refractivity contribution in [2.45, 2.75) is 26.8 Å². The lowest BCUT2D eigenvalue weighted by Crippen LogP contribution is -2.25. The van der Waals surface area contributed by atoms with Gasteiger partial charge in [0.05, 0.1) is 3.79 Å². The van der Waals surface area contributed by atoms with Crippen molar-refractivity contribution in [3.63, 3.8) is 0 Å². The molecule has 0 aromatic carbocycles. The van der Waals surface area contributed by atoms with Crippen LogP contribution in [0.25, 0.3) is 0 Å². The van der Waals surface area contributed by atoms with Crippen molar-refractivity contribution < 1.29 is 0 Å². The second-order valence-electron chi connectivity index (χ2n) is 4.11. The first-order chi connectivity index (χ1) is 5.82. The van der Waals surface area contributed by atoms with Gasteiger partial charge in [-0.15, -0.1) is 11.3 Å². The Hall–Kier alpha value is 0.620. The van der Waals surface area contributed by atoms with Gasteiger partial charge in [0.25, 0.3) is 0 Å². The number of rotatable bonds is 1. The molecular formula is C9H13Br2NS. The molecule has 0 aliphatic carbocycles. The molecule has 0 saturated heterocycles. The van der Waals surface area contributed by atoms with Gasteiger partial charge in [-0.2, -0.15) is 0 Å². The molecule has 4 heteroatoms. The zero-order valence-corrected chi connectivity index (χ0v) is 11.9. The molecule has 0 amide bonds. The summed E-state index contributed by atoms with van der Waals surface area (Å²) in [6, 6.07) is 2.19. The Balaban J connectivity index is 2.96. The molecule has 2 N–H and O–H groups in total. The second kappa shape index (κ2) is 4.01. The molecule has 0 fully saturated rings. The predicted octanol–water partition coefficient (Wildman–Crippen LogP) is 4.32. The number of hydrogen-bond acceptors (Lipinski definition) is 2. The normalized spacial score (nSPS) is 14.6. The molecule has 1 unspecified atom stereocenters. The molecule has 0 spiro atoms. The maximum Gasteiger partial charge on any atom is 0.0843 e. The van der Waals surface area contributed by atoms with Gasteiger partial charge in [-0.1, -0.05) is 20.8 Å². The highest BCUT2D eigenvalue weighted by atomic mass is 79.9. The SMILES string of the molecule is CC(C)(C)C(N)c1cc(Br)c(Br)s1. The standard InChI is InChI=1S/C9H13Br2NS/c1-9(2,3)7(12)6-4-5(10)8(11)13-6/h4,7H,12H2,1-3H3. The summed E-state index contributed by atoms with van der Waals surface area (Å²) in [5.74, 6) is 0. The van der Waals surface area contributed by atoms with Gasteiger partial charge in [-0.25, -0.2) is 0 Å². The monoisotopic (exact) mass is 325 g/mol. The Morgan fingerprint density at radius 2 is 1.92 bits per heavy atom. The van der Waals surface area contributed by atoms with Crippen molar-refractivity contribution in [1.29, 1.82) is 0 Å². The highest BCUT2D eigenvalue weighted by Crippen LogP contribution is 2.40. The van der Waals surface area contributed by atoms with E-state index in [1.807, 2.05) is 0 Å². The molecule has 1 atom stereocenters. The molecule has 1 heterocycles. The van der Waals surface area contributed by atoms with Gasteiger partial charge >= 0.3 is 0 Å². The molecule has 1 nitrogen and oxygen atoms in total. The van der Waals surface area contributed by atoms with Crippen molar-refractivity contribution in [2.75, 3.05) is 0 Å². The fraction of sp³-hybridized carbons (Fsp3) is 0.556. The van der Waals surface area contributed by atoms with Crippen LogP contribution in [0.3, 0.4) is 0 Å². The van der Waals surface area contributed by atoms with Gasteiger partial charge in [0, 0.05) is 15.4 Å². The van der Waals surface area contributed by atoms with Crippen LogP contribution in [0, 0.1) is 5.41 Å². The average Bonchev–Trinajstić information content (AvgIpc) is 2.29. The Morgan fingerprint density at radius 3 is 2.23 bits per heavy atom. The summed E-state index contributed by atoms with van der Waals surface area (Å²) in [5, 5.41) is 0. The van der Waals surface area contributed by atoms with Crippen LogP contribution in [0.4, 0.5) is 0 Å². The minimum absolute atomic E-state index is 0.0973. The number of nitrogens with two attached hydrogens (primary N) is 1. The first-order valence-electron chi connectivity index (χ1n) is 4.02. The van der Waals surface area contributed by atoms with E-state index in [9.17, 15) is 0 Å². The van der Waals surface area contributed by atoms with E-state index in [1.165, 1.54) is 4.88 Å². The summed E-state index contributed by atoms with van der Waals surface area (Å²) < 4.78 is 2.20. The van der Waals surface area contributed by atoms with E-state index in [4.69, 9.17) is 5.73 Å². The van der Waals surface area contributed by atoms with Gasteiger partial charge in [0.1, 0.15) is 0 Å². The maximum atomic E-state index is 6.12. The predicted molar refractivity (Wildman–Crippen MR) is 66.1 cm³/mol. The number of halogens is 2. The van der Waals surface area contributed by atoms with Crippen LogP contribution < -0.4 is 5.73 Å². The van der Waals surface area contributed by atoms with Crippen LogP contribution in [0.5, 0.6) is 0 Å². The molecular weight excluding hydrogens is 314 g/mol. The van der Waals surface area contributed by atoms with E-state index < -0.39 is 0 Å². The third-order valence-corrected chi connectivity index (χ3v) is 5.24. The molecule has 0 radical (unpaired) electrons. The van der Waals surface area contributed by atoms with Crippen LogP contribution in [-0.2, 0) is 0 Å². The number of thiophene rings is 1. The van der Waals surface area contributed by atoms with Crippen LogP contribution in [0.15, 0.2) is 14.3 Å². The lowest BCUT2D eigenvalue weighted by Gasteiger charge is -2.25. The highest BCUT2D eigenvalue weighted by Gasteiger charge is 2.24. The highest BCUT2D eigenvalue weighted by molar-refractivity contribution is 9.13. The lowest BCUT2D eigenvalue weighted by atomic mass is 9.87. The van der Waals surface area contributed by atoms with Crippen molar-refractivity contribution in [2.24, 2.45) is 11.1 Å². The Kier molecular flexibility index (Phi) is 3.60. The number of hydrogen-bond donors (Lipinski definition) is 1. The summed E-state index contributed by atoms with van der Waals surface area (Å²) in [4.78, 5) is 1.21. The Bertz CT molecular complexity index is 282. The topological polar surface area (TPSA) is 26.0 Å². The van der Waals surface area contributed by atoms with Crippen molar-refractivity contribution in [3.05, 3.63) is 19.2 Å². The quantitative estimate of drug-likeness (QED) is 0.817. The molecule has 13 heavy (non-hydrogen) atoms. The van der Waals surface area contributed by atoms with E-state index in [0.29, 0.717) is 0 Å². The van der Waals surface area contributed by atoms with Gasteiger partial charge < -0.3 is 5.73 Å². The molecule has 1 aromatic rings. The Labute approximate surface area is 100.0 Å². The third kappa shape index (κ3) is 2.78. The van der Waals surface area contributed by atoms with Crippen molar-refractivity contribution in [1.82, 2.24) is 0 Å². The van der Waals surface area contributed by atoms with E-state index in [0.717, 1.165) is 8.26 Å². The van der Waals surface area contributed by atoms with E-state index >= 15 is 0 Å². The molecule has 1 aromatic heterocycles. The first kappa shape index (κ1) is 11.7. The van der Waals surface area contributed by atoms with Gasteiger partial charge in [0.15, 0.2) is 0 Å². The fourth-order valence-electron chi connectivity index (χ4n) is 0.943. The van der Waals surface area contributed by atoms with Crippen molar-refractivity contribution >= 4 is 43.2 Å². The average molecular weight is 327 g/mol. The van der Waals surface area contributed by atoms with Crippen molar-refractivity contribution in [3.8, 4) is 0 Å². The van der Waals surface area contributed by atoms with E-state index in [-0.39, 0.29) is 11.5 Å². The van der Waals surface area contributed by atoms with Crippen LogP contribution >= 0.6 is 43.2 Å². The minimum Gasteiger partial charge on any atom is -0.323 e. The zero-order chi connectivity index (χ0) is 10.2. The molecule has 0 aliphatic heterocycles. The smallest absolute Gasteiger partial charge is 0.0843 e. The lowest BCUT2D eigenvalue weighted by molar-refractivity contribution is 0.331. The third-order valence-electron chi connectivity index (χ3n) is 1.90. The second-order valence-corrected chi connectivity index (χ2v) is 7.37. The molecule has 0 saturated carbocycles. The fourth-order valence-corrected chi connectivity index (χ4v) is 3.28. The molecule has 74 valence electrons. The summed E-state index contributed by atoms with van der Waals surface area (Å²) >= 11 is 8.62. The summed E-state index contributed by atoms with van der Waals surface area (Å²) in [5.41, 5.74) is 6.24. The van der Waals surface area contributed by atoms with Gasteiger partial charge in [0.2, 0.25) is 0 Å². The maximum absolute atomic E-state index is 6.12. The largest absolute Gasteiger partial charge is 0.323 e. The van der Waals surface area contributed by atoms with Crippen LogP contribution in [0.1, 0.15) is 31.7 Å².